The van der Waals surface area contributed by atoms with Gasteiger partial charge in [0.25, 0.3) is 5.91 Å². The third-order valence-electron chi connectivity index (χ3n) is 11.0. The van der Waals surface area contributed by atoms with E-state index in [9.17, 15) is 18.0 Å². The van der Waals surface area contributed by atoms with Gasteiger partial charge in [0, 0.05) is 38.5 Å². The van der Waals surface area contributed by atoms with Gasteiger partial charge >= 0.3 is 6.09 Å². The fourth-order valence-electron chi connectivity index (χ4n) is 7.85. The highest BCUT2D eigenvalue weighted by Crippen LogP contribution is 2.47. The Morgan fingerprint density at radius 2 is 2.04 bits per heavy atom. The molecule has 270 valence electrons. The molecule has 10 nitrogen and oxygen atoms in total. The molecule has 2 amide bonds. The summed E-state index contributed by atoms with van der Waals surface area (Å²) in [6.45, 7) is 8.08. The van der Waals surface area contributed by atoms with E-state index in [2.05, 4.69) is 33.1 Å². The Morgan fingerprint density at radius 3 is 2.82 bits per heavy atom. The number of rotatable bonds is 5. The van der Waals surface area contributed by atoms with Gasteiger partial charge in [-0.25, -0.2) is 17.9 Å². The van der Waals surface area contributed by atoms with Crippen molar-refractivity contribution in [2.45, 2.75) is 76.1 Å². The molecule has 2 aliphatic carbocycles. The van der Waals surface area contributed by atoms with Crippen molar-refractivity contribution in [3.63, 3.8) is 0 Å². The minimum Gasteiger partial charge on any atom is -0.490 e. The van der Waals surface area contributed by atoms with Crippen LogP contribution in [0.5, 0.6) is 5.75 Å². The first-order chi connectivity index (χ1) is 23.5. The van der Waals surface area contributed by atoms with E-state index < -0.39 is 27.3 Å². The van der Waals surface area contributed by atoms with E-state index in [0.717, 1.165) is 49.4 Å². The van der Waals surface area contributed by atoms with E-state index in [0.29, 0.717) is 51.0 Å². The summed E-state index contributed by atoms with van der Waals surface area (Å²) in [6, 6.07) is 11.4. The number of carbonyl (C=O) groups is 2. The van der Waals surface area contributed by atoms with E-state index >= 15 is 0 Å². The molecule has 6 atom stereocenters. The van der Waals surface area contributed by atoms with Gasteiger partial charge in [-0.15, -0.1) is 0 Å². The van der Waals surface area contributed by atoms with Gasteiger partial charge in [-0.1, -0.05) is 36.7 Å². The molecular formula is C37H52ClN3O7S. The van der Waals surface area contributed by atoms with Gasteiger partial charge in [0.1, 0.15) is 5.75 Å². The van der Waals surface area contributed by atoms with Crippen LogP contribution in [0.1, 0.15) is 77.2 Å². The van der Waals surface area contributed by atoms with Crippen molar-refractivity contribution < 1.29 is 35.1 Å². The predicted octanol–water partition coefficient (Wildman–Crippen LogP) is 6.51. The molecular weight excluding hydrogens is 666 g/mol. The summed E-state index contributed by atoms with van der Waals surface area (Å²) in [5.74, 6) is 0.293. The van der Waals surface area contributed by atoms with Crippen molar-refractivity contribution in [1.29, 1.82) is 0 Å². The largest absolute Gasteiger partial charge is 0.490 e. The van der Waals surface area contributed by atoms with E-state index in [-0.39, 0.29) is 31.8 Å². The number of fused-ring (bicyclic) bond motifs is 4. The summed E-state index contributed by atoms with van der Waals surface area (Å²) in [5.41, 5.74) is 3.26. The number of allylic oxidation sites excluding steroid dienone is 1. The highest BCUT2D eigenvalue weighted by Gasteiger charge is 2.44. The fraction of sp³-hybridized carbons (Fsp3) is 0.568. The first-order valence-corrected chi connectivity index (χ1v) is 19.5. The van der Waals surface area contributed by atoms with Crippen LogP contribution in [0, 0.1) is 17.8 Å². The maximum absolute atomic E-state index is 13.5. The summed E-state index contributed by atoms with van der Waals surface area (Å²) in [7, 11) is -3.96. The number of hydrogen-bond donors (Lipinski definition) is 2. The first-order valence-electron chi connectivity index (χ1n) is 17.5. The maximum Gasteiger partial charge on any atom is 0.407 e. The molecule has 0 aromatic heterocycles. The van der Waals surface area contributed by atoms with Gasteiger partial charge in [0.05, 0.1) is 36.9 Å². The van der Waals surface area contributed by atoms with Crippen LogP contribution < -0.4 is 19.7 Å². The number of ether oxygens (including phenoxy) is 3. The molecule has 1 spiro atoms. The maximum atomic E-state index is 13.5. The van der Waals surface area contributed by atoms with E-state index in [1.165, 1.54) is 11.1 Å². The molecule has 0 unspecified atom stereocenters. The lowest BCUT2D eigenvalue weighted by Crippen LogP contribution is -2.50. The molecule has 0 radical (unpaired) electrons. The lowest BCUT2D eigenvalue weighted by molar-refractivity contribution is -0.0126. The molecule has 0 saturated heterocycles. The highest BCUT2D eigenvalue weighted by atomic mass is 35.5. The molecule has 2 bridgehead atoms. The van der Waals surface area contributed by atoms with Crippen LogP contribution >= 0.6 is 11.6 Å². The minimum absolute atomic E-state index is 0. The van der Waals surface area contributed by atoms with Crippen molar-refractivity contribution in [2.24, 2.45) is 17.8 Å². The van der Waals surface area contributed by atoms with Crippen molar-refractivity contribution in [1.82, 2.24) is 10.0 Å². The highest BCUT2D eigenvalue weighted by molar-refractivity contribution is 7.90. The Hall–Kier alpha value is -3.28. The van der Waals surface area contributed by atoms with Crippen LogP contribution in [-0.4, -0.2) is 71.2 Å². The number of nitrogens with one attached hydrogen (secondary N) is 2. The van der Waals surface area contributed by atoms with Gasteiger partial charge < -0.3 is 24.4 Å². The van der Waals surface area contributed by atoms with Crippen molar-refractivity contribution in [2.75, 3.05) is 44.4 Å². The molecule has 2 aliphatic heterocycles. The fourth-order valence-corrected chi connectivity index (χ4v) is 9.33. The van der Waals surface area contributed by atoms with Crippen LogP contribution in [0.15, 0.2) is 48.6 Å². The monoisotopic (exact) mass is 717 g/mol. The van der Waals surface area contributed by atoms with Gasteiger partial charge in [-0.3, -0.25) is 4.79 Å². The van der Waals surface area contributed by atoms with Gasteiger partial charge in [0.2, 0.25) is 10.0 Å². The smallest absolute Gasteiger partial charge is 0.407 e. The third-order valence-corrected chi connectivity index (χ3v) is 13.1. The van der Waals surface area contributed by atoms with Gasteiger partial charge in [0.15, 0.2) is 0 Å². The number of alkyl carbamates (subject to hydrolysis) is 1. The number of benzene rings is 2. The molecule has 2 N–H and O–H groups in total. The standard InChI is InChI=1S/C37H48ClN3O7S.2H2/c1-4-46-36(43)39-17-18-47-33-9-5-7-24(2)25(3)49(44,45)40-35(42)27-11-15-34-32(20-27)41(21-28-10-13-30(28)33)22-37(23-48-34)16-6-8-26-19-29(38)12-14-31(26)37;;/h5,9,11-12,14-15,19-20,24-25,28,30,33H,4,6-8,10,13,16-18,21-23H2,1-3H3,(H,39,43)(H,40,42);2*1H/b9-5+;;/t24-,25+,28-,30+,33-,37-;;/m0../s1. The van der Waals surface area contributed by atoms with E-state index in [4.69, 9.17) is 25.8 Å². The zero-order valence-electron chi connectivity index (χ0n) is 28.6. The number of amides is 2. The zero-order valence-corrected chi connectivity index (χ0v) is 30.2. The number of anilines is 1. The lowest BCUT2D eigenvalue weighted by atomic mass is 9.68. The normalized spacial score (nSPS) is 30.0. The van der Waals surface area contributed by atoms with Crippen LogP contribution in [0.25, 0.3) is 0 Å². The SMILES string of the molecule is CCOC(=O)NCCO[C@H]1/C=C/C[C@H](C)[C@@H](C)S(=O)(=O)NC(=O)c2ccc3c(c2)N(C[C@@H]2CC[C@H]21)C[C@@]1(CCCc2cc(Cl)ccc21)CO3.[HH].[HH]. The molecule has 2 aromatic carbocycles. The van der Waals surface area contributed by atoms with E-state index in [1.807, 2.05) is 19.1 Å². The molecule has 1 fully saturated rings. The third kappa shape index (κ3) is 7.73. The van der Waals surface area contributed by atoms with Gasteiger partial charge in [-0.05, 0) is 112 Å². The second-order valence-corrected chi connectivity index (χ2v) is 16.6. The molecule has 1 saturated carbocycles. The predicted molar refractivity (Wildman–Crippen MR) is 194 cm³/mol. The molecule has 4 aliphatic rings. The summed E-state index contributed by atoms with van der Waals surface area (Å²) in [5, 5.41) is 2.65. The molecule has 2 heterocycles. The lowest BCUT2D eigenvalue weighted by Gasteiger charge is -2.46. The average molecular weight is 718 g/mol. The summed E-state index contributed by atoms with van der Waals surface area (Å²) in [6.07, 6.45) is 8.80. The summed E-state index contributed by atoms with van der Waals surface area (Å²) in [4.78, 5) is 27.7. The zero-order chi connectivity index (χ0) is 34.8. The first kappa shape index (κ1) is 35.5. The second-order valence-electron chi connectivity index (χ2n) is 14.1. The number of sulfonamides is 1. The van der Waals surface area contributed by atoms with Crippen molar-refractivity contribution >= 4 is 39.3 Å². The van der Waals surface area contributed by atoms with Crippen molar-refractivity contribution in [3.8, 4) is 5.75 Å². The van der Waals surface area contributed by atoms with Gasteiger partial charge in [-0.2, -0.15) is 0 Å². The molecule has 12 heteroatoms. The molecule has 6 rings (SSSR count). The minimum atomic E-state index is -3.96. The molecule has 2 aromatic rings. The van der Waals surface area contributed by atoms with E-state index in [1.54, 1.807) is 32.0 Å². The number of carbonyl (C=O) groups excluding carboxylic acids is 2. The van der Waals surface area contributed by atoms with Crippen LogP contribution in [0.2, 0.25) is 5.02 Å². The topological polar surface area (TPSA) is 123 Å². The van der Waals surface area contributed by atoms with Crippen molar-refractivity contribution in [3.05, 3.63) is 70.3 Å². The quantitative estimate of drug-likeness (QED) is 0.265. The average Bonchev–Trinajstić information content (AvgIpc) is 3.20. The Labute approximate surface area is 297 Å². The number of hydrogen-bond acceptors (Lipinski definition) is 8. The second kappa shape index (κ2) is 14.9. The number of aryl methyl sites for hydroxylation is 1. The summed E-state index contributed by atoms with van der Waals surface area (Å²) >= 11 is 6.44. The van der Waals surface area contributed by atoms with Crippen LogP contribution in [0.3, 0.4) is 0 Å². The summed E-state index contributed by atoms with van der Waals surface area (Å²) < 4.78 is 47.1. The Bertz CT molecular complexity index is 1700. The number of nitrogens with zero attached hydrogens (tertiary/aromatic N) is 1. The Kier molecular flexibility index (Phi) is 10.8. The molecule has 49 heavy (non-hydrogen) atoms. The Balaban J connectivity index is 0.00000292. The number of halogens is 1. The van der Waals surface area contributed by atoms with Crippen LogP contribution in [-0.2, 0) is 31.3 Å². The van der Waals surface area contributed by atoms with Crippen LogP contribution in [0.4, 0.5) is 10.5 Å². The Morgan fingerprint density at radius 1 is 1.20 bits per heavy atom.